The van der Waals surface area contributed by atoms with Crippen LogP contribution in [0.5, 0.6) is 5.75 Å². The molecule has 0 aliphatic carbocycles. The largest absolute Gasteiger partial charge is 0.495 e. The molecule has 2 bridgehead atoms. The molecule has 1 amide bonds. The predicted molar refractivity (Wildman–Crippen MR) is 90.3 cm³/mol. The van der Waals surface area contributed by atoms with Gasteiger partial charge in [0.15, 0.2) is 0 Å². The highest BCUT2D eigenvalue weighted by Crippen LogP contribution is 2.53. The van der Waals surface area contributed by atoms with Crippen molar-refractivity contribution in [2.24, 2.45) is 11.8 Å². The number of amides is 1. The van der Waals surface area contributed by atoms with E-state index in [1.807, 2.05) is 43.3 Å². The molecule has 4 rings (SSSR count). The van der Waals surface area contributed by atoms with Crippen molar-refractivity contribution in [3.05, 3.63) is 36.4 Å². The van der Waals surface area contributed by atoms with Crippen molar-refractivity contribution in [1.82, 2.24) is 0 Å². The summed E-state index contributed by atoms with van der Waals surface area (Å²) in [5.74, 6) is -0.968. The fraction of sp³-hybridized carbons (Fsp3) is 0.474. The minimum Gasteiger partial charge on any atom is -0.495 e. The zero-order chi connectivity index (χ0) is 17.6. The van der Waals surface area contributed by atoms with Crippen molar-refractivity contribution in [2.75, 3.05) is 25.2 Å². The first kappa shape index (κ1) is 16.1. The smallest absolute Gasteiger partial charge is 0.312 e. The molecular formula is C19H21NO5. The summed E-state index contributed by atoms with van der Waals surface area (Å²) in [4.78, 5) is 27.4. The molecule has 3 aliphatic rings. The third-order valence-electron chi connectivity index (χ3n) is 5.20. The maximum atomic E-state index is 13.2. The summed E-state index contributed by atoms with van der Waals surface area (Å²) in [6.45, 7) is 2.67. The molecule has 2 saturated heterocycles. The maximum absolute atomic E-state index is 13.2. The number of para-hydroxylation sites is 2. The number of carbonyl (C=O) groups is 2. The molecule has 4 atom stereocenters. The Hall–Kier alpha value is -2.34. The molecule has 0 radical (unpaired) electrons. The lowest BCUT2D eigenvalue weighted by Crippen LogP contribution is -2.40. The van der Waals surface area contributed by atoms with Gasteiger partial charge >= 0.3 is 5.97 Å². The Bertz CT molecular complexity index is 745. The second-order valence-electron chi connectivity index (χ2n) is 6.66. The summed E-state index contributed by atoms with van der Waals surface area (Å²) in [6.07, 6.45) is 4.18. The number of esters is 1. The average Bonchev–Trinajstić information content (AvgIpc) is 3.28. The monoisotopic (exact) mass is 343 g/mol. The van der Waals surface area contributed by atoms with E-state index in [0.29, 0.717) is 24.6 Å². The number of rotatable bonds is 5. The second-order valence-corrected chi connectivity index (χ2v) is 6.66. The Balaban J connectivity index is 1.67. The van der Waals surface area contributed by atoms with Crippen LogP contribution in [-0.2, 0) is 19.1 Å². The lowest BCUT2D eigenvalue weighted by molar-refractivity contribution is -0.152. The Kier molecular flexibility index (Phi) is 3.80. The normalized spacial score (nSPS) is 32.2. The molecule has 6 heteroatoms. The lowest BCUT2D eigenvalue weighted by atomic mass is 9.77. The molecule has 0 N–H and O–H groups in total. The van der Waals surface area contributed by atoms with Crippen LogP contribution in [0.3, 0.4) is 0 Å². The molecule has 132 valence electrons. The summed E-state index contributed by atoms with van der Waals surface area (Å²) in [5, 5.41) is 0. The third-order valence-corrected chi connectivity index (χ3v) is 5.20. The second kappa shape index (κ2) is 5.88. The summed E-state index contributed by atoms with van der Waals surface area (Å²) in [6, 6.07) is 7.37. The third kappa shape index (κ3) is 2.28. The van der Waals surface area contributed by atoms with Gasteiger partial charge < -0.3 is 19.1 Å². The maximum Gasteiger partial charge on any atom is 0.312 e. The fourth-order valence-electron chi connectivity index (χ4n) is 4.12. The lowest BCUT2D eigenvalue weighted by Gasteiger charge is -2.23. The summed E-state index contributed by atoms with van der Waals surface area (Å²) >= 11 is 0. The van der Waals surface area contributed by atoms with Gasteiger partial charge in [-0.05, 0) is 18.6 Å². The van der Waals surface area contributed by atoms with Crippen LogP contribution >= 0.6 is 0 Å². The van der Waals surface area contributed by atoms with E-state index in [1.165, 1.54) is 0 Å². The number of methoxy groups -OCH3 is 1. The Morgan fingerprint density at radius 2 is 2.20 bits per heavy atom. The van der Waals surface area contributed by atoms with E-state index in [0.717, 1.165) is 6.42 Å². The van der Waals surface area contributed by atoms with Gasteiger partial charge in [-0.25, -0.2) is 0 Å². The van der Waals surface area contributed by atoms with Gasteiger partial charge in [0.2, 0.25) is 5.91 Å². The molecule has 3 heterocycles. The van der Waals surface area contributed by atoms with Gasteiger partial charge in [-0.15, -0.1) is 0 Å². The van der Waals surface area contributed by atoms with E-state index in [-0.39, 0.29) is 18.0 Å². The molecule has 6 nitrogen and oxygen atoms in total. The molecule has 1 spiro atoms. The van der Waals surface area contributed by atoms with E-state index >= 15 is 0 Å². The van der Waals surface area contributed by atoms with Crippen molar-refractivity contribution in [1.29, 1.82) is 0 Å². The first-order valence-electron chi connectivity index (χ1n) is 8.59. The van der Waals surface area contributed by atoms with Crippen LogP contribution in [0.2, 0.25) is 0 Å². The number of fused-ring (bicyclic) bond motifs is 1. The van der Waals surface area contributed by atoms with Gasteiger partial charge in [0.1, 0.15) is 17.3 Å². The minimum atomic E-state index is -0.751. The Morgan fingerprint density at radius 1 is 1.40 bits per heavy atom. The van der Waals surface area contributed by atoms with Crippen molar-refractivity contribution in [3.63, 3.8) is 0 Å². The van der Waals surface area contributed by atoms with Gasteiger partial charge in [0, 0.05) is 0 Å². The van der Waals surface area contributed by atoms with Crippen molar-refractivity contribution in [2.45, 2.75) is 25.0 Å². The number of benzene rings is 1. The number of hydrogen-bond donors (Lipinski definition) is 0. The molecule has 3 aliphatic heterocycles. The minimum absolute atomic E-state index is 0.116. The molecule has 0 aromatic heterocycles. The van der Waals surface area contributed by atoms with Crippen LogP contribution in [0.15, 0.2) is 36.4 Å². The molecular weight excluding hydrogens is 322 g/mol. The van der Waals surface area contributed by atoms with E-state index in [1.54, 1.807) is 12.0 Å². The number of ether oxygens (including phenoxy) is 3. The highest BCUT2D eigenvalue weighted by atomic mass is 16.6. The molecule has 1 aromatic rings. The van der Waals surface area contributed by atoms with E-state index < -0.39 is 17.4 Å². The first-order valence-corrected chi connectivity index (χ1v) is 8.59. The SMILES string of the molecule is CCCOC(=O)C1C2C=CC3(CN(c4ccccc4OC)C(=O)C13)O2. The van der Waals surface area contributed by atoms with E-state index in [9.17, 15) is 9.59 Å². The number of nitrogens with zero attached hydrogens (tertiary/aromatic N) is 1. The van der Waals surface area contributed by atoms with Gasteiger partial charge in [-0.2, -0.15) is 0 Å². The first-order chi connectivity index (χ1) is 12.1. The number of anilines is 1. The van der Waals surface area contributed by atoms with Crippen LogP contribution in [0.4, 0.5) is 5.69 Å². The van der Waals surface area contributed by atoms with Crippen molar-refractivity contribution in [3.8, 4) is 5.75 Å². The zero-order valence-electron chi connectivity index (χ0n) is 14.3. The average molecular weight is 343 g/mol. The van der Waals surface area contributed by atoms with Gasteiger partial charge in [-0.1, -0.05) is 31.2 Å². The standard InChI is InChI=1S/C19H21NO5/c1-3-10-24-18(22)15-14-8-9-19(25-14)11-20(17(21)16(15)19)12-6-4-5-7-13(12)23-2/h4-9,14-16H,3,10-11H2,1-2H3. The van der Waals surface area contributed by atoms with Gasteiger partial charge in [0.25, 0.3) is 0 Å². The van der Waals surface area contributed by atoms with Crippen LogP contribution in [0, 0.1) is 11.8 Å². The molecule has 2 fully saturated rings. The van der Waals surface area contributed by atoms with Crippen LogP contribution < -0.4 is 9.64 Å². The van der Waals surface area contributed by atoms with Crippen molar-refractivity contribution >= 4 is 17.6 Å². The van der Waals surface area contributed by atoms with Crippen LogP contribution in [0.1, 0.15) is 13.3 Å². The molecule has 0 saturated carbocycles. The highest BCUT2D eigenvalue weighted by molar-refractivity contribution is 6.03. The Labute approximate surface area is 146 Å². The topological polar surface area (TPSA) is 65.1 Å². The predicted octanol–water partition coefficient (Wildman–Crippen LogP) is 1.93. The molecule has 1 aromatic carbocycles. The highest BCUT2D eigenvalue weighted by Gasteiger charge is 2.67. The fourth-order valence-corrected chi connectivity index (χ4v) is 4.12. The van der Waals surface area contributed by atoms with E-state index in [2.05, 4.69) is 0 Å². The summed E-state index contributed by atoms with van der Waals surface area (Å²) < 4.78 is 16.8. The number of carbonyl (C=O) groups excluding carboxylic acids is 2. The van der Waals surface area contributed by atoms with Gasteiger partial charge in [0.05, 0.1) is 38.0 Å². The molecule has 25 heavy (non-hydrogen) atoms. The van der Waals surface area contributed by atoms with Gasteiger partial charge in [-0.3, -0.25) is 9.59 Å². The molecule has 4 unspecified atom stereocenters. The number of hydrogen-bond acceptors (Lipinski definition) is 5. The summed E-state index contributed by atoms with van der Waals surface area (Å²) in [5.41, 5.74) is -0.0571. The zero-order valence-corrected chi connectivity index (χ0v) is 14.3. The van der Waals surface area contributed by atoms with Crippen LogP contribution in [0.25, 0.3) is 0 Å². The van der Waals surface area contributed by atoms with Crippen molar-refractivity contribution < 1.29 is 23.8 Å². The van der Waals surface area contributed by atoms with E-state index in [4.69, 9.17) is 14.2 Å². The summed E-state index contributed by atoms with van der Waals surface area (Å²) in [7, 11) is 1.57. The Morgan fingerprint density at radius 3 is 2.96 bits per heavy atom. The van der Waals surface area contributed by atoms with Crippen LogP contribution in [-0.4, -0.2) is 43.8 Å². The quantitative estimate of drug-likeness (QED) is 0.604.